The fraction of sp³-hybridized carbons (Fsp3) is 0.250. The van der Waals surface area contributed by atoms with Crippen LogP contribution in [0.15, 0.2) is 115 Å². The van der Waals surface area contributed by atoms with Crippen molar-refractivity contribution in [3.05, 3.63) is 115 Å². The molecule has 1 aliphatic rings. The second-order valence-corrected chi connectivity index (χ2v) is 13.8. The minimum atomic E-state index is -0.482. The molecule has 0 bridgehead atoms. The number of benzene rings is 4. The summed E-state index contributed by atoms with van der Waals surface area (Å²) < 4.78 is 5.80. The Morgan fingerprint density at radius 2 is 1.22 bits per heavy atom. The number of para-hydroxylation sites is 1. The van der Waals surface area contributed by atoms with Crippen LogP contribution in [0.3, 0.4) is 0 Å². The van der Waals surface area contributed by atoms with Gasteiger partial charge in [-0.2, -0.15) is 0 Å². The van der Waals surface area contributed by atoms with Crippen molar-refractivity contribution in [2.75, 3.05) is 32.5 Å². The van der Waals surface area contributed by atoms with Gasteiger partial charge >= 0.3 is 0 Å². The summed E-state index contributed by atoms with van der Waals surface area (Å²) in [5.41, 5.74) is 0. The highest BCUT2D eigenvalue weighted by atomic mass is 31.1. The molecule has 36 heavy (non-hydrogen) atoms. The van der Waals surface area contributed by atoms with Crippen molar-refractivity contribution < 1.29 is 4.74 Å². The first kappa shape index (κ1) is 25.2. The average Bonchev–Trinajstić information content (AvgIpc) is 3.40. The summed E-state index contributed by atoms with van der Waals surface area (Å²) in [4.78, 5) is 2.79. The zero-order chi connectivity index (χ0) is 24.6. The Hall–Kier alpha value is -2.50. The van der Waals surface area contributed by atoms with Gasteiger partial charge in [0.15, 0.2) is 0 Å². The number of hydrogen-bond acceptors (Lipinski definition) is 2. The SMILES string of the molecule is COc1ccccc1P(CCN1CCC[C@H]1CP(c1ccccc1)c1ccccc1)c1ccccc1. The molecule has 0 radical (unpaired) electrons. The second kappa shape index (κ2) is 12.6. The van der Waals surface area contributed by atoms with Gasteiger partial charge in [-0.25, -0.2) is 0 Å². The molecule has 0 aliphatic carbocycles. The van der Waals surface area contributed by atoms with E-state index in [1.807, 2.05) is 0 Å². The second-order valence-electron chi connectivity index (χ2n) is 9.27. The maximum atomic E-state index is 5.80. The van der Waals surface area contributed by atoms with Crippen molar-refractivity contribution >= 4 is 37.1 Å². The Balaban J connectivity index is 1.35. The van der Waals surface area contributed by atoms with Crippen molar-refractivity contribution in [1.82, 2.24) is 4.90 Å². The summed E-state index contributed by atoms with van der Waals surface area (Å²) in [7, 11) is 0.946. The third-order valence-corrected chi connectivity index (χ3v) is 12.2. The molecule has 4 aromatic rings. The molecule has 1 heterocycles. The summed E-state index contributed by atoms with van der Waals surface area (Å²) in [5, 5.41) is 5.77. The lowest BCUT2D eigenvalue weighted by Crippen LogP contribution is -2.36. The molecule has 0 N–H and O–H groups in total. The van der Waals surface area contributed by atoms with Crippen LogP contribution in [0.1, 0.15) is 12.8 Å². The summed E-state index contributed by atoms with van der Waals surface area (Å²) in [5.74, 6) is 1.02. The van der Waals surface area contributed by atoms with E-state index in [9.17, 15) is 0 Å². The maximum absolute atomic E-state index is 5.80. The van der Waals surface area contributed by atoms with Gasteiger partial charge in [-0.1, -0.05) is 109 Å². The topological polar surface area (TPSA) is 12.5 Å². The molecule has 0 spiro atoms. The lowest BCUT2D eigenvalue weighted by molar-refractivity contribution is 0.289. The molecule has 1 fully saturated rings. The maximum Gasteiger partial charge on any atom is 0.126 e. The Bertz CT molecular complexity index is 1160. The van der Waals surface area contributed by atoms with Gasteiger partial charge in [0.25, 0.3) is 0 Å². The zero-order valence-electron chi connectivity index (χ0n) is 21.0. The van der Waals surface area contributed by atoms with E-state index in [1.54, 1.807) is 7.11 Å². The highest BCUT2D eigenvalue weighted by Gasteiger charge is 2.29. The summed E-state index contributed by atoms with van der Waals surface area (Å²) in [6.07, 6.45) is 5.00. The van der Waals surface area contributed by atoms with Crippen LogP contribution in [0.5, 0.6) is 5.75 Å². The van der Waals surface area contributed by atoms with Crippen molar-refractivity contribution in [3.8, 4) is 5.75 Å². The minimum absolute atomic E-state index is 0.366. The van der Waals surface area contributed by atoms with E-state index < -0.39 is 7.92 Å². The number of hydrogen-bond donors (Lipinski definition) is 0. The van der Waals surface area contributed by atoms with Crippen molar-refractivity contribution in [2.45, 2.75) is 18.9 Å². The molecule has 0 saturated carbocycles. The standard InChI is InChI=1S/C32H35NOP2/c1-34-31-21-11-12-22-32(31)35(28-15-5-2-6-16-28)25-24-33-23-13-14-27(33)26-36(29-17-7-3-8-18-29)30-19-9-4-10-20-30/h2-12,15-22,27H,13-14,23-26H2,1H3/t27-,35?/m0/s1. The third-order valence-electron chi connectivity index (χ3n) is 7.08. The van der Waals surface area contributed by atoms with Crippen molar-refractivity contribution in [2.24, 2.45) is 0 Å². The van der Waals surface area contributed by atoms with Gasteiger partial charge in [0.05, 0.1) is 7.11 Å². The smallest absolute Gasteiger partial charge is 0.126 e. The van der Waals surface area contributed by atoms with Crippen LogP contribution in [0.2, 0.25) is 0 Å². The van der Waals surface area contributed by atoms with Crippen molar-refractivity contribution in [1.29, 1.82) is 0 Å². The van der Waals surface area contributed by atoms with Gasteiger partial charge in [-0.3, -0.25) is 4.90 Å². The first-order chi connectivity index (χ1) is 17.8. The molecule has 1 aliphatic heterocycles. The highest BCUT2D eigenvalue weighted by Crippen LogP contribution is 2.40. The lowest BCUT2D eigenvalue weighted by Gasteiger charge is -2.31. The Kier molecular flexibility index (Phi) is 8.84. The molecule has 184 valence electrons. The van der Waals surface area contributed by atoms with Gasteiger partial charge in [-0.15, -0.1) is 0 Å². The Morgan fingerprint density at radius 1 is 0.694 bits per heavy atom. The molecular weight excluding hydrogens is 476 g/mol. The Labute approximate surface area is 218 Å². The number of methoxy groups -OCH3 is 1. The van der Waals surface area contributed by atoms with E-state index in [1.165, 1.54) is 46.8 Å². The summed E-state index contributed by atoms with van der Waals surface area (Å²) in [6.45, 7) is 2.34. The van der Waals surface area contributed by atoms with Gasteiger partial charge in [-0.05, 0) is 69.5 Å². The molecule has 0 aromatic heterocycles. The largest absolute Gasteiger partial charge is 0.496 e. The van der Waals surface area contributed by atoms with Crippen LogP contribution < -0.4 is 26.0 Å². The van der Waals surface area contributed by atoms with E-state index in [4.69, 9.17) is 4.74 Å². The molecule has 0 amide bonds. The van der Waals surface area contributed by atoms with Gasteiger partial charge < -0.3 is 4.74 Å². The minimum Gasteiger partial charge on any atom is -0.496 e. The number of likely N-dealkylation sites (tertiary alicyclic amines) is 1. The molecule has 1 unspecified atom stereocenters. The molecule has 2 nitrogen and oxygen atoms in total. The normalized spacial score (nSPS) is 16.8. The van der Waals surface area contributed by atoms with Crippen LogP contribution in [-0.2, 0) is 0 Å². The number of ether oxygens (including phenoxy) is 1. The van der Waals surface area contributed by atoms with E-state index in [0.717, 1.165) is 18.5 Å². The fourth-order valence-corrected chi connectivity index (χ4v) is 10.3. The van der Waals surface area contributed by atoms with Crippen LogP contribution in [0.25, 0.3) is 0 Å². The fourth-order valence-electron chi connectivity index (χ4n) is 5.26. The summed E-state index contributed by atoms with van der Waals surface area (Å²) >= 11 is 0. The van der Waals surface area contributed by atoms with Gasteiger partial charge in [0.2, 0.25) is 0 Å². The van der Waals surface area contributed by atoms with Crippen LogP contribution in [-0.4, -0.2) is 43.5 Å². The first-order valence-electron chi connectivity index (χ1n) is 12.9. The monoisotopic (exact) mass is 511 g/mol. The highest BCUT2D eigenvalue weighted by molar-refractivity contribution is 7.73. The summed E-state index contributed by atoms with van der Waals surface area (Å²) in [6, 6.07) is 42.7. The Morgan fingerprint density at radius 3 is 1.81 bits per heavy atom. The van der Waals surface area contributed by atoms with Crippen molar-refractivity contribution in [3.63, 3.8) is 0 Å². The molecule has 5 rings (SSSR count). The molecule has 1 saturated heterocycles. The van der Waals surface area contributed by atoms with E-state index in [-0.39, 0.29) is 7.92 Å². The third kappa shape index (κ3) is 6.07. The number of rotatable bonds is 10. The van der Waals surface area contributed by atoms with Crippen LogP contribution in [0.4, 0.5) is 0 Å². The van der Waals surface area contributed by atoms with E-state index in [0.29, 0.717) is 6.04 Å². The average molecular weight is 512 g/mol. The quantitative estimate of drug-likeness (QED) is 0.252. The molecule has 4 aromatic carbocycles. The lowest BCUT2D eigenvalue weighted by atomic mass is 10.2. The predicted molar refractivity (Wildman–Crippen MR) is 159 cm³/mol. The van der Waals surface area contributed by atoms with Gasteiger partial charge in [0, 0.05) is 17.9 Å². The van der Waals surface area contributed by atoms with Crippen LogP contribution in [0, 0.1) is 0 Å². The first-order valence-corrected chi connectivity index (χ1v) is 16.0. The van der Waals surface area contributed by atoms with Crippen LogP contribution >= 0.6 is 15.8 Å². The van der Waals surface area contributed by atoms with E-state index >= 15 is 0 Å². The zero-order valence-corrected chi connectivity index (χ0v) is 22.8. The van der Waals surface area contributed by atoms with E-state index in [2.05, 4.69) is 120 Å². The molecule has 2 atom stereocenters. The van der Waals surface area contributed by atoms with Gasteiger partial charge in [0.1, 0.15) is 5.75 Å². The predicted octanol–water partition coefficient (Wildman–Crippen LogP) is 5.73. The molecule has 4 heteroatoms. The molecular formula is C32H35NOP2. The number of nitrogens with zero attached hydrogens (tertiary/aromatic N) is 1.